The summed E-state index contributed by atoms with van der Waals surface area (Å²) >= 11 is 3.38. The van der Waals surface area contributed by atoms with Crippen molar-refractivity contribution in [2.75, 3.05) is 6.61 Å². The molecule has 0 heterocycles. The van der Waals surface area contributed by atoms with Crippen LogP contribution in [-0.2, 0) is 25.7 Å². The van der Waals surface area contributed by atoms with Crippen molar-refractivity contribution in [3.05, 3.63) is 34.3 Å². The molecule has 5 heteroatoms. The van der Waals surface area contributed by atoms with Crippen molar-refractivity contribution >= 4 is 27.9 Å². The number of benzene rings is 1. The molecule has 0 aliphatic heterocycles. The number of hydrogen-bond acceptors (Lipinski definition) is 4. The van der Waals surface area contributed by atoms with Crippen LogP contribution in [0.15, 0.2) is 28.7 Å². The van der Waals surface area contributed by atoms with Gasteiger partial charge < -0.3 is 9.47 Å². The second-order valence-corrected chi connectivity index (χ2v) is 6.40. The molecule has 0 aromatic heterocycles. The zero-order valence-corrected chi connectivity index (χ0v) is 15.6. The van der Waals surface area contributed by atoms with Gasteiger partial charge in [0, 0.05) is 4.47 Å². The van der Waals surface area contributed by atoms with Crippen LogP contribution in [0.3, 0.4) is 0 Å². The van der Waals surface area contributed by atoms with E-state index in [-0.39, 0.29) is 6.61 Å². The average Bonchev–Trinajstić information content (AvgIpc) is 2.55. The van der Waals surface area contributed by atoms with E-state index >= 15 is 0 Å². The molecule has 4 nitrogen and oxygen atoms in total. The van der Waals surface area contributed by atoms with Crippen molar-refractivity contribution < 1.29 is 19.1 Å². The summed E-state index contributed by atoms with van der Waals surface area (Å²) in [6, 6.07) is 7.53. The van der Waals surface area contributed by atoms with Gasteiger partial charge in [-0.15, -0.1) is 0 Å². The maximum atomic E-state index is 12.5. The van der Waals surface area contributed by atoms with Gasteiger partial charge in [-0.3, -0.25) is 9.59 Å². The van der Waals surface area contributed by atoms with Crippen molar-refractivity contribution in [3.63, 3.8) is 0 Å². The zero-order chi connectivity index (χ0) is 17.3. The Morgan fingerprint density at radius 1 is 1.09 bits per heavy atom. The Kier molecular flexibility index (Phi) is 8.31. The molecular weight excluding hydrogens is 360 g/mol. The van der Waals surface area contributed by atoms with Crippen LogP contribution in [0.4, 0.5) is 0 Å². The Hall–Kier alpha value is -1.36. The smallest absolute Gasteiger partial charge is 0.323 e. The highest BCUT2D eigenvalue weighted by Gasteiger charge is 2.45. The molecule has 23 heavy (non-hydrogen) atoms. The fourth-order valence-electron chi connectivity index (χ4n) is 2.27. The van der Waals surface area contributed by atoms with Gasteiger partial charge in [0.1, 0.15) is 6.61 Å². The zero-order valence-electron chi connectivity index (χ0n) is 14.1. The highest BCUT2D eigenvalue weighted by molar-refractivity contribution is 9.10. The summed E-state index contributed by atoms with van der Waals surface area (Å²) in [7, 11) is 0. The van der Waals surface area contributed by atoms with Crippen LogP contribution in [0.2, 0.25) is 0 Å². The molecule has 0 bridgehead atoms. The van der Waals surface area contributed by atoms with Crippen molar-refractivity contribution in [1.82, 2.24) is 0 Å². The predicted molar refractivity (Wildman–Crippen MR) is 92.8 cm³/mol. The van der Waals surface area contributed by atoms with Crippen LogP contribution in [0, 0.1) is 5.41 Å². The molecule has 0 atom stereocenters. The summed E-state index contributed by atoms with van der Waals surface area (Å²) in [5.41, 5.74) is -0.340. The number of rotatable bonds is 9. The first-order valence-electron chi connectivity index (χ1n) is 8.09. The maximum absolute atomic E-state index is 12.5. The third-order valence-corrected chi connectivity index (χ3v) is 4.47. The summed E-state index contributed by atoms with van der Waals surface area (Å²) < 4.78 is 11.6. The molecule has 0 N–H and O–H groups in total. The van der Waals surface area contributed by atoms with Gasteiger partial charge in [-0.05, 0) is 37.0 Å². The van der Waals surface area contributed by atoms with Gasteiger partial charge in [-0.2, -0.15) is 0 Å². The van der Waals surface area contributed by atoms with Crippen LogP contribution in [-0.4, -0.2) is 18.5 Å². The normalized spacial score (nSPS) is 11.1. The van der Waals surface area contributed by atoms with E-state index in [1.807, 2.05) is 45.0 Å². The lowest BCUT2D eigenvalue weighted by atomic mass is 9.82. The number of hydrogen-bond donors (Lipinski definition) is 0. The average molecular weight is 385 g/mol. The van der Waals surface area contributed by atoms with Gasteiger partial charge in [0.2, 0.25) is 0 Å². The fraction of sp³-hybridized carbons (Fsp3) is 0.556. The molecular formula is C18H25BrO4. The van der Waals surface area contributed by atoms with Gasteiger partial charge >= 0.3 is 11.9 Å². The van der Waals surface area contributed by atoms with Crippen LogP contribution < -0.4 is 0 Å². The van der Waals surface area contributed by atoms with E-state index in [9.17, 15) is 9.59 Å². The molecule has 0 aliphatic rings. The Balaban J connectivity index is 2.74. The lowest BCUT2D eigenvalue weighted by Gasteiger charge is -2.27. The molecule has 128 valence electrons. The van der Waals surface area contributed by atoms with E-state index in [1.165, 1.54) is 0 Å². The van der Waals surface area contributed by atoms with Gasteiger partial charge in [0.15, 0.2) is 5.41 Å². The number of esters is 2. The highest BCUT2D eigenvalue weighted by atomic mass is 79.9. The van der Waals surface area contributed by atoms with E-state index in [4.69, 9.17) is 9.47 Å². The summed E-state index contributed by atoms with van der Waals surface area (Å²) in [6.07, 6.45) is 2.46. The summed E-state index contributed by atoms with van der Waals surface area (Å²) in [4.78, 5) is 24.9. The third kappa shape index (κ3) is 5.34. The van der Waals surface area contributed by atoms with Gasteiger partial charge in [0.05, 0.1) is 6.61 Å². The minimum atomic E-state index is -1.21. The van der Waals surface area contributed by atoms with Crippen LogP contribution in [0.5, 0.6) is 0 Å². The quantitative estimate of drug-likeness (QED) is 0.353. The molecule has 0 saturated heterocycles. The topological polar surface area (TPSA) is 52.6 Å². The standard InChI is InChI=1S/C18H25BrO4/c1-4-7-11-22-16(20)18(5-2,6-3)17(21)23-13-14-9-8-10-15(19)12-14/h8-10,12H,4-7,11,13H2,1-3H3. The van der Waals surface area contributed by atoms with Gasteiger partial charge in [-0.1, -0.05) is 55.3 Å². The Morgan fingerprint density at radius 2 is 1.74 bits per heavy atom. The minimum Gasteiger partial charge on any atom is -0.465 e. The van der Waals surface area contributed by atoms with E-state index in [1.54, 1.807) is 0 Å². The third-order valence-electron chi connectivity index (χ3n) is 3.98. The first kappa shape index (κ1) is 19.7. The Labute approximate surface area is 146 Å². The van der Waals surface area contributed by atoms with Crippen LogP contribution in [0.25, 0.3) is 0 Å². The van der Waals surface area contributed by atoms with Crippen molar-refractivity contribution in [2.24, 2.45) is 5.41 Å². The molecule has 0 unspecified atom stereocenters. The van der Waals surface area contributed by atoms with Crippen molar-refractivity contribution in [3.8, 4) is 0 Å². The van der Waals surface area contributed by atoms with Crippen molar-refractivity contribution in [2.45, 2.75) is 53.1 Å². The van der Waals surface area contributed by atoms with E-state index < -0.39 is 17.4 Å². The van der Waals surface area contributed by atoms with Gasteiger partial charge in [0.25, 0.3) is 0 Å². The van der Waals surface area contributed by atoms with Crippen molar-refractivity contribution in [1.29, 1.82) is 0 Å². The largest absolute Gasteiger partial charge is 0.465 e. The first-order chi connectivity index (χ1) is 11.0. The molecule has 1 aromatic rings. The van der Waals surface area contributed by atoms with E-state index in [0.29, 0.717) is 19.4 Å². The Morgan fingerprint density at radius 3 is 2.30 bits per heavy atom. The molecule has 1 rings (SSSR count). The number of unbranched alkanes of at least 4 members (excludes halogenated alkanes) is 1. The number of ether oxygens (including phenoxy) is 2. The van der Waals surface area contributed by atoms with Crippen LogP contribution >= 0.6 is 15.9 Å². The monoisotopic (exact) mass is 384 g/mol. The minimum absolute atomic E-state index is 0.141. The molecule has 0 spiro atoms. The lowest BCUT2D eigenvalue weighted by molar-refractivity contribution is -0.174. The molecule has 0 aliphatic carbocycles. The molecule has 1 aromatic carbocycles. The lowest BCUT2D eigenvalue weighted by Crippen LogP contribution is -2.41. The summed E-state index contributed by atoms with van der Waals surface area (Å²) in [5.74, 6) is -0.987. The number of halogens is 1. The summed E-state index contributed by atoms with van der Waals surface area (Å²) in [5, 5.41) is 0. The fourth-order valence-corrected chi connectivity index (χ4v) is 2.72. The molecule has 0 amide bonds. The van der Waals surface area contributed by atoms with E-state index in [0.717, 1.165) is 22.9 Å². The SMILES string of the molecule is CCCCOC(=O)C(CC)(CC)C(=O)OCc1cccc(Br)c1. The van der Waals surface area contributed by atoms with Gasteiger partial charge in [-0.25, -0.2) is 0 Å². The highest BCUT2D eigenvalue weighted by Crippen LogP contribution is 2.30. The van der Waals surface area contributed by atoms with E-state index in [2.05, 4.69) is 15.9 Å². The number of carbonyl (C=O) groups is 2. The van der Waals surface area contributed by atoms with Crippen LogP contribution in [0.1, 0.15) is 52.0 Å². The molecule has 0 radical (unpaired) electrons. The maximum Gasteiger partial charge on any atom is 0.323 e. The molecule has 0 saturated carbocycles. The second kappa shape index (κ2) is 9.71. The predicted octanol–water partition coefficient (Wildman–Crippen LogP) is 4.64. The molecule has 0 fully saturated rings. The summed E-state index contributed by atoms with van der Waals surface area (Å²) in [6.45, 7) is 6.13. The number of carbonyl (C=O) groups excluding carboxylic acids is 2. The first-order valence-corrected chi connectivity index (χ1v) is 8.88. The second-order valence-electron chi connectivity index (χ2n) is 5.48. The Bertz CT molecular complexity index is 524.